The fourth-order valence-corrected chi connectivity index (χ4v) is 1.58. The Morgan fingerprint density at radius 1 is 1.21 bits per heavy atom. The second kappa shape index (κ2) is 7.99. The summed E-state index contributed by atoms with van der Waals surface area (Å²) >= 11 is 0. The summed E-state index contributed by atoms with van der Waals surface area (Å²) in [5.74, 6) is -1.02. The predicted octanol–water partition coefficient (Wildman–Crippen LogP) is 1.22. The third-order valence-corrected chi connectivity index (χ3v) is 3.36. The van der Waals surface area contributed by atoms with E-state index in [9.17, 15) is 9.59 Å². The van der Waals surface area contributed by atoms with Gasteiger partial charge >= 0.3 is 12.0 Å². The molecule has 0 atom stereocenters. The van der Waals surface area contributed by atoms with Gasteiger partial charge in [0.15, 0.2) is 0 Å². The van der Waals surface area contributed by atoms with Gasteiger partial charge in [-0.15, -0.1) is 0 Å². The Kier molecular flexibility index (Phi) is 7.44. The Balaban J connectivity index is 4.21. The molecule has 0 aromatic heterocycles. The van der Waals surface area contributed by atoms with Crippen LogP contribution in [0, 0.1) is 0 Å². The highest BCUT2D eigenvalue weighted by molar-refractivity contribution is 5.85. The second-order valence-electron chi connectivity index (χ2n) is 5.09. The molecule has 0 radical (unpaired) electrons. The Hall–Kier alpha value is -1.30. The molecule has 0 spiro atoms. The van der Waals surface area contributed by atoms with E-state index in [0.717, 1.165) is 26.1 Å². The lowest BCUT2D eigenvalue weighted by Gasteiger charge is -2.31. The van der Waals surface area contributed by atoms with Gasteiger partial charge in [0.25, 0.3) is 0 Å². The third kappa shape index (κ3) is 5.46. The normalized spacial score (nSPS) is 11.5. The Morgan fingerprint density at radius 3 is 2.21 bits per heavy atom. The van der Waals surface area contributed by atoms with Crippen molar-refractivity contribution in [2.75, 3.05) is 33.2 Å². The summed E-state index contributed by atoms with van der Waals surface area (Å²) in [6, 6.07) is -0.361. The molecule has 19 heavy (non-hydrogen) atoms. The van der Waals surface area contributed by atoms with Gasteiger partial charge in [-0.05, 0) is 33.4 Å². The van der Waals surface area contributed by atoms with Crippen LogP contribution in [0.15, 0.2) is 0 Å². The zero-order valence-electron chi connectivity index (χ0n) is 12.7. The number of carbonyl (C=O) groups is 2. The van der Waals surface area contributed by atoms with Crippen molar-refractivity contribution in [1.82, 2.24) is 15.1 Å². The van der Waals surface area contributed by atoms with Crippen molar-refractivity contribution >= 4 is 12.0 Å². The van der Waals surface area contributed by atoms with Crippen LogP contribution in [0.1, 0.15) is 34.1 Å². The van der Waals surface area contributed by atoms with Crippen LogP contribution in [0.4, 0.5) is 4.79 Å². The summed E-state index contributed by atoms with van der Waals surface area (Å²) in [4.78, 5) is 26.4. The van der Waals surface area contributed by atoms with Crippen molar-refractivity contribution in [3.63, 3.8) is 0 Å². The number of hydrogen-bond donors (Lipinski definition) is 2. The van der Waals surface area contributed by atoms with E-state index in [1.807, 2.05) is 0 Å². The van der Waals surface area contributed by atoms with Gasteiger partial charge in [0, 0.05) is 20.1 Å². The first-order valence-corrected chi connectivity index (χ1v) is 6.74. The van der Waals surface area contributed by atoms with E-state index in [2.05, 4.69) is 24.1 Å². The van der Waals surface area contributed by atoms with Crippen LogP contribution in [0.5, 0.6) is 0 Å². The van der Waals surface area contributed by atoms with Crippen LogP contribution in [-0.4, -0.2) is 65.7 Å². The lowest BCUT2D eigenvalue weighted by Crippen LogP contribution is -2.54. The summed E-state index contributed by atoms with van der Waals surface area (Å²) in [7, 11) is 1.49. The highest BCUT2D eigenvalue weighted by Crippen LogP contribution is 2.12. The quantitative estimate of drug-likeness (QED) is 0.697. The number of aliphatic carboxylic acids is 1. The summed E-state index contributed by atoms with van der Waals surface area (Å²) < 4.78 is 0. The average Bonchev–Trinajstić information content (AvgIpc) is 2.36. The maximum atomic E-state index is 11.9. The molecule has 0 aliphatic carbocycles. The molecule has 6 nitrogen and oxygen atoms in total. The molecular formula is C13H27N3O3. The van der Waals surface area contributed by atoms with E-state index in [0.29, 0.717) is 6.54 Å². The number of amides is 2. The van der Waals surface area contributed by atoms with E-state index in [1.165, 1.54) is 25.8 Å². The standard InChI is InChI=1S/C13H27N3O3/c1-6-9-16(7-2)10-8-14-12(19)15(5)13(3,4)11(17)18/h6-10H2,1-5H3,(H,14,19)(H,17,18). The number of carboxylic acids is 1. The van der Waals surface area contributed by atoms with Gasteiger partial charge in [0.2, 0.25) is 0 Å². The van der Waals surface area contributed by atoms with Gasteiger partial charge < -0.3 is 20.2 Å². The zero-order valence-corrected chi connectivity index (χ0v) is 12.7. The molecule has 0 bridgehead atoms. The Bertz CT molecular complexity index is 306. The SMILES string of the molecule is CCCN(CC)CCNC(=O)N(C)C(C)(C)C(=O)O. The minimum absolute atomic E-state index is 0.361. The Labute approximate surface area is 115 Å². The van der Waals surface area contributed by atoms with E-state index in [4.69, 9.17) is 5.11 Å². The largest absolute Gasteiger partial charge is 0.480 e. The minimum Gasteiger partial charge on any atom is -0.480 e. The van der Waals surface area contributed by atoms with Gasteiger partial charge in [0.05, 0.1) is 0 Å². The van der Waals surface area contributed by atoms with Crippen molar-refractivity contribution in [3.05, 3.63) is 0 Å². The topological polar surface area (TPSA) is 72.9 Å². The molecule has 0 heterocycles. The second-order valence-corrected chi connectivity index (χ2v) is 5.09. The number of urea groups is 1. The Morgan fingerprint density at radius 2 is 1.79 bits per heavy atom. The molecule has 0 rings (SSSR count). The van der Waals surface area contributed by atoms with Gasteiger partial charge in [0.1, 0.15) is 5.54 Å². The molecule has 6 heteroatoms. The van der Waals surface area contributed by atoms with E-state index in [-0.39, 0.29) is 6.03 Å². The lowest BCUT2D eigenvalue weighted by molar-refractivity contribution is -0.146. The van der Waals surface area contributed by atoms with Crippen LogP contribution in [0.2, 0.25) is 0 Å². The highest BCUT2D eigenvalue weighted by Gasteiger charge is 2.35. The maximum Gasteiger partial charge on any atom is 0.329 e. The number of carbonyl (C=O) groups excluding carboxylic acids is 1. The third-order valence-electron chi connectivity index (χ3n) is 3.36. The first-order valence-electron chi connectivity index (χ1n) is 6.74. The van der Waals surface area contributed by atoms with Crippen LogP contribution < -0.4 is 5.32 Å². The van der Waals surface area contributed by atoms with Crippen LogP contribution in [-0.2, 0) is 4.79 Å². The maximum absolute atomic E-state index is 11.9. The van der Waals surface area contributed by atoms with Gasteiger partial charge in [-0.1, -0.05) is 13.8 Å². The average molecular weight is 273 g/mol. The van der Waals surface area contributed by atoms with Crippen molar-refractivity contribution < 1.29 is 14.7 Å². The molecule has 0 aliphatic heterocycles. The molecule has 0 aromatic rings. The number of rotatable bonds is 8. The smallest absolute Gasteiger partial charge is 0.329 e. The van der Waals surface area contributed by atoms with E-state index >= 15 is 0 Å². The van der Waals surface area contributed by atoms with E-state index in [1.54, 1.807) is 0 Å². The number of likely N-dealkylation sites (N-methyl/N-ethyl adjacent to an activating group) is 2. The summed E-state index contributed by atoms with van der Waals surface area (Å²) in [5, 5.41) is 11.8. The molecule has 0 aromatic carbocycles. The fourth-order valence-electron chi connectivity index (χ4n) is 1.58. The molecular weight excluding hydrogens is 246 g/mol. The van der Waals surface area contributed by atoms with Gasteiger partial charge in [-0.2, -0.15) is 0 Å². The highest BCUT2D eigenvalue weighted by atomic mass is 16.4. The molecule has 0 aliphatic rings. The van der Waals surface area contributed by atoms with Crippen molar-refractivity contribution in [1.29, 1.82) is 0 Å². The fraction of sp³-hybridized carbons (Fsp3) is 0.846. The van der Waals surface area contributed by atoms with Crippen LogP contribution in [0.25, 0.3) is 0 Å². The van der Waals surface area contributed by atoms with Crippen molar-refractivity contribution in [2.24, 2.45) is 0 Å². The molecule has 112 valence electrons. The molecule has 0 fully saturated rings. The first kappa shape index (κ1) is 17.7. The molecule has 0 saturated carbocycles. The number of hydrogen-bond acceptors (Lipinski definition) is 3. The number of carboxylic acid groups (broad SMARTS) is 1. The summed E-state index contributed by atoms with van der Waals surface area (Å²) in [6.07, 6.45) is 1.08. The molecule has 0 saturated heterocycles. The summed E-state index contributed by atoms with van der Waals surface area (Å²) in [5.41, 5.74) is -1.21. The van der Waals surface area contributed by atoms with Crippen LogP contribution >= 0.6 is 0 Å². The lowest BCUT2D eigenvalue weighted by atomic mass is 10.1. The molecule has 2 amide bonds. The van der Waals surface area contributed by atoms with Gasteiger partial charge in [-0.25, -0.2) is 9.59 Å². The molecule has 0 unspecified atom stereocenters. The monoisotopic (exact) mass is 273 g/mol. The van der Waals surface area contributed by atoms with E-state index < -0.39 is 11.5 Å². The first-order chi connectivity index (χ1) is 8.77. The predicted molar refractivity (Wildman–Crippen MR) is 75.3 cm³/mol. The zero-order chi connectivity index (χ0) is 15.1. The number of nitrogens with zero attached hydrogens (tertiary/aromatic N) is 2. The number of nitrogens with one attached hydrogen (secondary N) is 1. The minimum atomic E-state index is -1.21. The van der Waals surface area contributed by atoms with Crippen molar-refractivity contribution in [3.8, 4) is 0 Å². The summed E-state index contributed by atoms with van der Waals surface area (Å²) in [6.45, 7) is 10.4. The molecule has 2 N–H and O–H groups in total. The van der Waals surface area contributed by atoms with Crippen LogP contribution in [0.3, 0.4) is 0 Å². The van der Waals surface area contributed by atoms with Crippen molar-refractivity contribution in [2.45, 2.75) is 39.7 Å². The van der Waals surface area contributed by atoms with Gasteiger partial charge in [-0.3, -0.25) is 0 Å².